The van der Waals surface area contributed by atoms with Gasteiger partial charge >= 0.3 is 0 Å². The number of hydrogen-bond acceptors (Lipinski definition) is 1. The minimum absolute atomic E-state index is 0.480. The Morgan fingerprint density at radius 1 is 0.923 bits per heavy atom. The summed E-state index contributed by atoms with van der Waals surface area (Å²) in [5.41, 5.74) is 0. The molecule has 76 valence electrons. The van der Waals surface area contributed by atoms with Gasteiger partial charge in [-0.2, -0.15) is 0 Å². The molecule has 1 heterocycles. The van der Waals surface area contributed by atoms with E-state index in [1.54, 1.807) is 0 Å². The van der Waals surface area contributed by atoms with Crippen LogP contribution in [0.2, 0.25) is 0 Å². The summed E-state index contributed by atoms with van der Waals surface area (Å²) in [6.07, 6.45) is 8.11. The molecule has 1 saturated heterocycles. The zero-order chi connectivity index (χ0) is 9.10. The molecule has 2 heteroatoms. The van der Waals surface area contributed by atoms with E-state index < -0.39 is 0 Å². The molecule has 1 aliphatic carbocycles. The lowest BCUT2D eigenvalue weighted by Crippen LogP contribution is -2.33. The third-order valence-electron chi connectivity index (χ3n) is 3.70. The summed E-state index contributed by atoms with van der Waals surface area (Å²) < 4.78 is 0. The molecule has 1 N–H and O–H groups in total. The van der Waals surface area contributed by atoms with Crippen LogP contribution in [0.3, 0.4) is 0 Å². The Hall–Kier alpha value is 0.250. The standard InChI is InChI=1S/C11H20ClN/c12-11-3-1-2-10(8-11)9-4-6-13-7-5-9/h9-11,13H,1-8H2. The number of rotatable bonds is 1. The molecule has 2 rings (SSSR count). The van der Waals surface area contributed by atoms with Gasteiger partial charge in [0, 0.05) is 5.38 Å². The topological polar surface area (TPSA) is 12.0 Å². The lowest BCUT2D eigenvalue weighted by atomic mass is 9.76. The largest absolute Gasteiger partial charge is 0.317 e. The van der Waals surface area contributed by atoms with E-state index in [0.29, 0.717) is 5.38 Å². The Bertz CT molecular complexity index is 154. The normalized spacial score (nSPS) is 37.6. The van der Waals surface area contributed by atoms with E-state index in [0.717, 1.165) is 11.8 Å². The summed E-state index contributed by atoms with van der Waals surface area (Å²) in [7, 11) is 0. The van der Waals surface area contributed by atoms with Crippen molar-refractivity contribution in [2.45, 2.75) is 43.9 Å². The molecule has 2 aliphatic rings. The Balaban J connectivity index is 1.83. The zero-order valence-electron chi connectivity index (χ0n) is 8.27. The fraction of sp³-hybridized carbons (Fsp3) is 1.00. The van der Waals surface area contributed by atoms with Crippen molar-refractivity contribution in [2.24, 2.45) is 11.8 Å². The smallest absolute Gasteiger partial charge is 0.0338 e. The molecular weight excluding hydrogens is 182 g/mol. The highest BCUT2D eigenvalue weighted by atomic mass is 35.5. The van der Waals surface area contributed by atoms with Crippen molar-refractivity contribution < 1.29 is 0 Å². The number of alkyl halides is 1. The number of piperidine rings is 1. The van der Waals surface area contributed by atoms with Crippen molar-refractivity contribution in [3.05, 3.63) is 0 Å². The van der Waals surface area contributed by atoms with E-state index in [2.05, 4.69) is 5.32 Å². The van der Waals surface area contributed by atoms with Gasteiger partial charge in [-0.25, -0.2) is 0 Å². The molecule has 0 bridgehead atoms. The van der Waals surface area contributed by atoms with E-state index >= 15 is 0 Å². The molecule has 0 amide bonds. The van der Waals surface area contributed by atoms with Gasteiger partial charge in [-0.3, -0.25) is 0 Å². The molecule has 1 nitrogen and oxygen atoms in total. The molecular formula is C11H20ClN. The Morgan fingerprint density at radius 3 is 2.38 bits per heavy atom. The van der Waals surface area contributed by atoms with E-state index in [1.165, 1.54) is 51.6 Å². The second kappa shape index (κ2) is 4.65. The van der Waals surface area contributed by atoms with Gasteiger partial charge in [0.1, 0.15) is 0 Å². The maximum absolute atomic E-state index is 6.21. The highest BCUT2D eigenvalue weighted by Crippen LogP contribution is 2.36. The fourth-order valence-corrected chi connectivity index (χ4v) is 3.29. The molecule has 2 fully saturated rings. The number of hydrogen-bond donors (Lipinski definition) is 1. The molecule has 0 aromatic heterocycles. The molecule has 1 saturated carbocycles. The molecule has 0 radical (unpaired) electrons. The van der Waals surface area contributed by atoms with Gasteiger partial charge < -0.3 is 5.32 Å². The summed E-state index contributed by atoms with van der Waals surface area (Å²) in [6.45, 7) is 2.46. The van der Waals surface area contributed by atoms with Crippen LogP contribution < -0.4 is 5.32 Å². The van der Waals surface area contributed by atoms with Crippen LogP contribution in [-0.4, -0.2) is 18.5 Å². The summed E-state index contributed by atoms with van der Waals surface area (Å²) in [5.74, 6) is 1.92. The fourth-order valence-electron chi connectivity index (χ4n) is 2.91. The Morgan fingerprint density at radius 2 is 1.69 bits per heavy atom. The first-order chi connectivity index (χ1) is 6.36. The quantitative estimate of drug-likeness (QED) is 0.644. The van der Waals surface area contributed by atoms with Gasteiger partial charge in [-0.1, -0.05) is 12.8 Å². The molecule has 13 heavy (non-hydrogen) atoms. The van der Waals surface area contributed by atoms with Gasteiger partial charge in [0.2, 0.25) is 0 Å². The third kappa shape index (κ3) is 2.60. The minimum atomic E-state index is 0.480. The average molecular weight is 202 g/mol. The summed E-state index contributed by atoms with van der Waals surface area (Å²) >= 11 is 6.21. The van der Waals surface area contributed by atoms with E-state index in [-0.39, 0.29) is 0 Å². The van der Waals surface area contributed by atoms with Crippen LogP contribution in [-0.2, 0) is 0 Å². The van der Waals surface area contributed by atoms with Crippen molar-refractivity contribution in [1.82, 2.24) is 5.32 Å². The second-order valence-electron chi connectivity index (χ2n) is 4.61. The van der Waals surface area contributed by atoms with Crippen LogP contribution in [0.4, 0.5) is 0 Å². The first-order valence-corrected chi connectivity index (χ1v) is 6.14. The van der Waals surface area contributed by atoms with Gasteiger partial charge in [-0.15, -0.1) is 11.6 Å². The molecule has 0 spiro atoms. The maximum atomic E-state index is 6.21. The lowest BCUT2D eigenvalue weighted by molar-refractivity contribution is 0.206. The summed E-state index contributed by atoms with van der Waals surface area (Å²) in [6, 6.07) is 0. The molecule has 1 aliphatic heterocycles. The van der Waals surface area contributed by atoms with Crippen LogP contribution in [0.15, 0.2) is 0 Å². The average Bonchev–Trinajstić information content (AvgIpc) is 2.19. The van der Waals surface area contributed by atoms with Gasteiger partial charge in [0.05, 0.1) is 0 Å². The maximum Gasteiger partial charge on any atom is 0.0338 e. The number of nitrogens with one attached hydrogen (secondary N) is 1. The Labute approximate surface area is 86.2 Å². The van der Waals surface area contributed by atoms with Gasteiger partial charge in [-0.05, 0) is 50.6 Å². The third-order valence-corrected chi connectivity index (χ3v) is 4.10. The van der Waals surface area contributed by atoms with Gasteiger partial charge in [0.25, 0.3) is 0 Å². The van der Waals surface area contributed by atoms with Crippen molar-refractivity contribution >= 4 is 11.6 Å². The predicted molar refractivity (Wildman–Crippen MR) is 57.2 cm³/mol. The van der Waals surface area contributed by atoms with Crippen molar-refractivity contribution in [1.29, 1.82) is 0 Å². The minimum Gasteiger partial charge on any atom is -0.317 e. The van der Waals surface area contributed by atoms with E-state index in [1.807, 2.05) is 0 Å². The van der Waals surface area contributed by atoms with Gasteiger partial charge in [0.15, 0.2) is 0 Å². The first kappa shape index (κ1) is 9.79. The van der Waals surface area contributed by atoms with Crippen LogP contribution >= 0.6 is 11.6 Å². The SMILES string of the molecule is ClC1CCCC(C2CCNCC2)C1. The van der Waals surface area contributed by atoms with Crippen LogP contribution in [0.25, 0.3) is 0 Å². The second-order valence-corrected chi connectivity index (χ2v) is 5.23. The highest BCUT2D eigenvalue weighted by Gasteiger charge is 2.28. The van der Waals surface area contributed by atoms with Crippen molar-refractivity contribution in [2.75, 3.05) is 13.1 Å². The Kier molecular flexibility index (Phi) is 3.51. The van der Waals surface area contributed by atoms with E-state index in [4.69, 9.17) is 11.6 Å². The van der Waals surface area contributed by atoms with E-state index in [9.17, 15) is 0 Å². The van der Waals surface area contributed by atoms with Crippen LogP contribution in [0.1, 0.15) is 38.5 Å². The molecule has 2 unspecified atom stereocenters. The molecule has 0 aromatic carbocycles. The first-order valence-electron chi connectivity index (χ1n) is 5.71. The van der Waals surface area contributed by atoms with Crippen molar-refractivity contribution in [3.8, 4) is 0 Å². The summed E-state index contributed by atoms with van der Waals surface area (Å²) in [4.78, 5) is 0. The zero-order valence-corrected chi connectivity index (χ0v) is 9.02. The number of halogens is 1. The molecule has 0 aromatic rings. The highest BCUT2D eigenvalue weighted by molar-refractivity contribution is 6.20. The van der Waals surface area contributed by atoms with Crippen LogP contribution in [0.5, 0.6) is 0 Å². The summed E-state index contributed by atoms with van der Waals surface area (Å²) in [5, 5.41) is 3.91. The molecule has 2 atom stereocenters. The monoisotopic (exact) mass is 201 g/mol. The van der Waals surface area contributed by atoms with Crippen molar-refractivity contribution in [3.63, 3.8) is 0 Å². The lowest BCUT2D eigenvalue weighted by Gasteiger charge is -2.34. The predicted octanol–water partition coefficient (Wildman–Crippen LogP) is 2.78. The van der Waals surface area contributed by atoms with Crippen LogP contribution in [0, 0.1) is 11.8 Å².